The SMILES string of the molecule is COc1cccc(CCC(=O)NCCN2CCOC2=O)c1. The van der Waals surface area contributed by atoms with E-state index in [1.54, 1.807) is 12.0 Å². The van der Waals surface area contributed by atoms with Crippen LogP contribution in [0.1, 0.15) is 12.0 Å². The Hall–Kier alpha value is -2.24. The number of carbonyl (C=O) groups excluding carboxylic acids is 2. The summed E-state index contributed by atoms with van der Waals surface area (Å²) < 4.78 is 9.96. The molecule has 21 heavy (non-hydrogen) atoms. The second kappa shape index (κ2) is 7.52. The summed E-state index contributed by atoms with van der Waals surface area (Å²) >= 11 is 0. The molecule has 1 heterocycles. The first-order chi connectivity index (χ1) is 10.2. The Morgan fingerprint density at radius 1 is 1.48 bits per heavy atom. The van der Waals surface area contributed by atoms with Gasteiger partial charge in [-0.1, -0.05) is 12.1 Å². The van der Waals surface area contributed by atoms with Gasteiger partial charge in [-0.25, -0.2) is 4.79 Å². The Bertz CT molecular complexity index is 504. The lowest BCUT2D eigenvalue weighted by atomic mass is 10.1. The number of nitrogens with one attached hydrogen (secondary N) is 1. The minimum atomic E-state index is -0.305. The Morgan fingerprint density at radius 3 is 3.05 bits per heavy atom. The van der Waals surface area contributed by atoms with E-state index in [1.165, 1.54) is 0 Å². The van der Waals surface area contributed by atoms with Gasteiger partial charge >= 0.3 is 6.09 Å². The average Bonchev–Trinajstić information content (AvgIpc) is 2.91. The number of ether oxygens (including phenoxy) is 2. The molecule has 1 aliphatic heterocycles. The minimum Gasteiger partial charge on any atom is -0.497 e. The third kappa shape index (κ3) is 4.66. The summed E-state index contributed by atoms with van der Waals surface area (Å²) in [6, 6.07) is 7.67. The predicted molar refractivity (Wildman–Crippen MR) is 77.2 cm³/mol. The first-order valence-corrected chi connectivity index (χ1v) is 7.00. The lowest BCUT2D eigenvalue weighted by molar-refractivity contribution is -0.121. The summed E-state index contributed by atoms with van der Waals surface area (Å²) in [6.45, 7) is 1.97. The van der Waals surface area contributed by atoms with E-state index in [2.05, 4.69) is 5.32 Å². The molecule has 2 rings (SSSR count). The predicted octanol–water partition coefficient (Wildman–Crippen LogP) is 1.20. The van der Waals surface area contributed by atoms with E-state index in [0.29, 0.717) is 39.1 Å². The molecule has 1 aromatic carbocycles. The second-order valence-electron chi connectivity index (χ2n) is 4.80. The van der Waals surface area contributed by atoms with E-state index in [9.17, 15) is 9.59 Å². The van der Waals surface area contributed by atoms with Crippen LogP contribution in [0.2, 0.25) is 0 Å². The fraction of sp³-hybridized carbons (Fsp3) is 0.467. The summed E-state index contributed by atoms with van der Waals surface area (Å²) in [5.41, 5.74) is 1.06. The molecule has 1 fully saturated rings. The van der Waals surface area contributed by atoms with Gasteiger partial charge in [-0.2, -0.15) is 0 Å². The smallest absolute Gasteiger partial charge is 0.409 e. The summed E-state index contributed by atoms with van der Waals surface area (Å²) in [5.74, 6) is 0.769. The first-order valence-electron chi connectivity index (χ1n) is 7.00. The van der Waals surface area contributed by atoms with E-state index in [-0.39, 0.29) is 12.0 Å². The second-order valence-corrected chi connectivity index (χ2v) is 4.80. The molecule has 0 spiro atoms. The molecule has 1 saturated heterocycles. The zero-order valence-corrected chi connectivity index (χ0v) is 12.1. The van der Waals surface area contributed by atoms with Gasteiger partial charge in [-0.15, -0.1) is 0 Å². The number of rotatable bonds is 7. The molecule has 6 nitrogen and oxygen atoms in total. The van der Waals surface area contributed by atoms with Crippen molar-refractivity contribution in [2.75, 3.05) is 33.4 Å². The van der Waals surface area contributed by atoms with Crippen LogP contribution in [0.3, 0.4) is 0 Å². The summed E-state index contributed by atoms with van der Waals surface area (Å²) in [4.78, 5) is 24.5. The number of hydrogen-bond acceptors (Lipinski definition) is 4. The van der Waals surface area contributed by atoms with Crippen molar-refractivity contribution in [2.45, 2.75) is 12.8 Å². The Morgan fingerprint density at radius 2 is 2.33 bits per heavy atom. The van der Waals surface area contributed by atoms with E-state index >= 15 is 0 Å². The highest BCUT2D eigenvalue weighted by Crippen LogP contribution is 2.13. The largest absolute Gasteiger partial charge is 0.497 e. The number of nitrogens with zero attached hydrogens (tertiary/aromatic N) is 1. The van der Waals surface area contributed by atoms with Crippen LogP contribution in [0.25, 0.3) is 0 Å². The molecule has 0 saturated carbocycles. The molecular weight excluding hydrogens is 272 g/mol. The average molecular weight is 292 g/mol. The number of amides is 2. The lowest BCUT2D eigenvalue weighted by Crippen LogP contribution is -2.35. The number of methoxy groups -OCH3 is 1. The topological polar surface area (TPSA) is 67.9 Å². The van der Waals surface area contributed by atoms with Crippen molar-refractivity contribution in [3.05, 3.63) is 29.8 Å². The van der Waals surface area contributed by atoms with Gasteiger partial charge in [0.25, 0.3) is 0 Å². The molecule has 1 aliphatic rings. The van der Waals surface area contributed by atoms with E-state index < -0.39 is 0 Å². The van der Waals surface area contributed by atoms with Crippen LogP contribution in [-0.4, -0.2) is 50.3 Å². The number of hydrogen-bond donors (Lipinski definition) is 1. The fourth-order valence-electron chi connectivity index (χ4n) is 2.13. The van der Waals surface area contributed by atoms with E-state index in [4.69, 9.17) is 9.47 Å². The normalized spacial score (nSPS) is 14.0. The van der Waals surface area contributed by atoms with Crippen molar-refractivity contribution in [3.8, 4) is 5.75 Å². The number of carbonyl (C=O) groups is 2. The first kappa shape index (κ1) is 15.2. The van der Waals surface area contributed by atoms with Crippen LogP contribution in [0, 0.1) is 0 Å². The third-order valence-electron chi connectivity index (χ3n) is 3.32. The number of aryl methyl sites for hydroxylation is 1. The Labute approximate surface area is 124 Å². The van der Waals surface area contributed by atoms with Crippen molar-refractivity contribution >= 4 is 12.0 Å². The Kier molecular flexibility index (Phi) is 5.43. The minimum absolute atomic E-state index is 0.0228. The monoisotopic (exact) mass is 292 g/mol. The maximum Gasteiger partial charge on any atom is 0.409 e. The molecule has 0 radical (unpaired) electrons. The summed E-state index contributed by atoms with van der Waals surface area (Å²) in [5, 5.41) is 2.81. The van der Waals surface area contributed by atoms with Crippen LogP contribution < -0.4 is 10.1 Å². The number of cyclic esters (lactones) is 1. The molecule has 0 aromatic heterocycles. The van der Waals surface area contributed by atoms with Crippen molar-refractivity contribution in [1.82, 2.24) is 10.2 Å². The van der Waals surface area contributed by atoms with Crippen molar-refractivity contribution < 1.29 is 19.1 Å². The molecule has 0 aliphatic carbocycles. The van der Waals surface area contributed by atoms with Gasteiger partial charge < -0.3 is 19.7 Å². The third-order valence-corrected chi connectivity index (χ3v) is 3.32. The lowest BCUT2D eigenvalue weighted by Gasteiger charge is -2.12. The zero-order chi connectivity index (χ0) is 15.1. The van der Waals surface area contributed by atoms with Crippen LogP contribution in [-0.2, 0) is 16.0 Å². The van der Waals surface area contributed by atoms with Gasteiger partial charge in [-0.05, 0) is 24.1 Å². The highest BCUT2D eigenvalue weighted by Gasteiger charge is 2.20. The maximum atomic E-state index is 11.7. The van der Waals surface area contributed by atoms with Gasteiger partial charge in [0.1, 0.15) is 12.4 Å². The highest BCUT2D eigenvalue weighted by molar-refractivity contribution is 5.76. The molecule has 0 unspecified atom stereocenters. The van der Waals surface area contributed by atoms with Gasteiger partial charge in [0, 0.05) is 19.5 Å². The molecule has 0 atom stereocenters. The van der Waals surface area contributed by atoms with Gasteiger partial charge in [0.05, 0.1) is 13.7 Å². The number of benzene rings is 1. The highest BCUT2D eigenvalue weighted by atomic mass is 16.6. The zero-order valence-electron chi connectivity index (χ0n) is 12.1. The van der Waals surface area contributed by atoms with Crippen molar-refractivity contribution in [1.29, 1.82) is 0 Å². The molecular formula is C15H20N2O4. The fourth-order valence-corrected chi connectivity index (χ4v) is 2.13. The van der Waals surface area contributed by atoms with Gasteiger partial charge in [0.2, 0.25) is 5.91 Å². The Balaban J connectivity index is 1.66. The van der Waals surface area contributed by atoms with Crippen LogP contribution in [0.15, 0.2) is 24.3 Å². The maximum absolute atomic E-state index is 11.7. The molecule has 0 bridgehead atoms. The standard InChI is InChI=1S/C15H20N2O4/c1-20-13-4-2-3-12(11-13)5-6-14(18)16-7-8-17-9-10-21-15(17)19/h2-4,11H,5-10H2,1H3,(H,16,18). The van der Waals surface area contributed by atoms with Gasteiger partial charge in [0.15, 0.2) is 0 Å². The summed E-state index contributed by atoms with van der Waals surface area (Å²) in [7, 11) is 1.62. The van der Waals surface area contributed by atoms with Crippen molar-refractivity contribution in [3.63, 3.8) is 0 Å². The quantitative estimate of drug-likeness (QED) is 0.820. The summed E-state index contributed by atoms with van der Waals surface area (Å²) in [6.07, 6.45) is 0.771. The molecule has 1 aromatic rings. The molecule has 6 heteroatoms. The van der Waals surface area contributed by atoms with Crippen LogP contribution in [0.4, 0.5) is 4.79 Å². The van der Waals surface area contributed by atoms with Crippen LogP contribution in [0.5, 0.6) is 5.75 Å². The van der Waals surface area contributed by atoms with Crippen LogP contribution >= 0.6 is 0 Å². The molecule has 1 N–H and O–H groups in total. The molecule has 114 valence electrons. The van der Waals surface area contributed by atoms with E-state index in [1.807, 2.05) is 24.3 Å². The molecule has 2 amide bonds. The van der Waals surface area contributed by atoms with Gasteiger partial charge in [-0.3, -0.25) is 4.79 Å². The van der Waals surface area contributed by atoms with E-state index in [0.717, 1.165) is 11.3 Å². The van der Waals surface area contributed by atoms with Crippen molar-refractivity contribution in [2.24, 2.45) is 0 Å².